The molecule has 0 saturated heterocycles. The summed E-state index contributed by atoms with van der Waals surface area (Å²) in [6.07, 6.45) is 10.9. The summed E-state index contributed by atoms with van der Waals surface area (Å²) in [5.41, 5.74) is 0.605. The number of carbonyl (C=O) groups is 1. The molecule has 0 aliphatic carbocycles. The van der Waals surface area contributed by atoms with Gasteiger partial charge in [-0.15, -0.1) is 0 Å². The largest absolute Gasteiger partial charge is 0.490 e. The Morgan fingerprint density at radius 1 is 1.00 bits per heavy atom. The SMILES string of the molecule is CCC=CCCCCCOc1ccc(C=O)cc1OCC. The smallest absolute Gasteiger partial charge is 0.161 e. The van der Waals surface area contributed by atoms with Crippen LogP contribution >= 0.6 is 0 Å². The molecule has 0 aliphatic rings. The number of hydrogen-bond donors (Lipinski definition) is 0. The van der Waals surface area contributed by atoms with Crippen molar-refractivity contribution in [1.29, 1.82) is 0 Å². The van der Waals surface area contributed by atoms with Crippen LogP contribution in [0.1, 0.15) is 56.3 Å². The summed E-state index contributed by atoms with van der Waals surface area (Å²) >= 11 is 0. The van der Waals surface area contributed by atoms with E-state index < -0.39 is 0 Å². The molecule has 0 atom stereocenters. The van der Waals surface area contributed by atoms with E-state index in [1.165, 1.54) is 6.42 Å². The Morgan fingerprint density at radius 2 is 1.86 bits per heavy atom. The molecule has 0 bridgehead atoms. The van der Waals surface area contributed by atoms with Crippen molar-refractivity contribution in [3.8, 4) is 11.5 Å². The highest BCUT2D eigenvalue weighted by molar-refractivity contribution is 5.76. The van der Waals surface area contributed by atoms with Crippen LogP contribution in [-0.2, 0) is 0 Å². The quantitative estimate of drug-likeness (QED) is 0.333. The number of benzene rings is 1. The number of hydrogen-bond acceptors (Lipinski definition) is 3. The molecule has 3 heteroatoms. The van der Waals surface area contributed by atoms with Gasteiger partial charge in [-0.05, 0) is 57.2 Å². The Balaban J connectivity index is 2.34. The van der Waals surface area contributed by atoms with Crippen LogP contribution in [0.2, 0.25) is 0 Å². The Bertz CT molecular complexity index is 438. The fraction of sp³-hybridized carbons (Fsp3) is 0.500. The Hall–Kier alpha value is -1.77. The van der Waals surface area contributed by atoms with Gasteiger partial charge >= 0.3 is 0 Å². The molecule has 0 N–H and O–H groups in total. The van der Waals surface area contributed by atoms with E-state index in [1.54, 1.807) is 18.2 Å². The molecule has 0 fully saturated rings. The van der Waals surface area contributed by atoms with Gasteiger partial charge in [0.25, 0.3) is 0 Å². The van der Waals surface area contributed by atoms with E-state index in [4.69, 9.17) is 9.47 Å². The second kappa shape index (κ2) is 11.0. The highest BCUT2D eigenvalue weighted by Gasteiger charge is 2.06. The van der Waals surface area contributed by atoms with Crippen molar-refractivity contribution in [3.63, 3.8) is 0 Å². The van der Waals surface area contributed by atoms with Crippen molar-refractivity contribution in [2.75, 3.05) is 13.2 Å². The topological polar surface area (TPSA) is 35.5 Å². The predicted molar refractivity (Wildman–Crippen MR) is 86.4 cm³/mol. The molecular formula is C18H26O3. The van der Waals surface area contributed by atoms with Crippen molar-refractivity contribution in [2.24, 2.45) is 0 Å². The van der Waals surface area contributed by atoms with E-state index in [0.29, 0.717) is 30.3 Å². The molecule has 0 unspecified atom stereocenters. The second-order valence-electron chi connectivity index (χ2n) is 4.83. The van der Waals surface area contributed by atoms with Gasteiger partial charge in [0.2, 0.25) is 0 Å². The van der Waals surface area contributed by atoms with E-state index in [0.717, 1.165) is 32.0 Å². The lowest BCUT2D eigenvalue weighted by Crippen LogP contribution is -2.01. The summed E-state index contributed by atoms with van der Waals surface area (Å²) < 4.78 is 11.3. The van der Waals surface area contributed by atoms with Crippen molar-refractivity contribution in [2.45, 2.75) is 46.0 Å². The van der Waals surface area contributed by atoms with Crippen LogP contribution in [0, 0.1) is 0 Å². The number of unbranched alkanes of at least 4 members (excludes halogenated alkanes) is 3. The zero-order valence-electron chi connectivity index (χ0n) is 13.1. The summed E-state index contributed by atoms with van der Waals surface area (Å²) in [7, 11) is 0. The molecule has 116 valence electrons. The molecule has 0 heterocycles. The molecule has 0 aliphatic heterocycles. The maximum absolute atomic E-state index is 10.8. The second-order valence-corrected chi connectivity index (χ2v) is 4.83. The standard InChI is InChI=1S/C18H26O3/c1-3-5-6-7-8-9-10-13-21-17-12-11-16(15-19)14-18(17)20-4-2/h5-6,11-12,14-15H,3-4,7-10,13H2,1-2H3. The van der Waals surface area contributed by atoms with Crippen LogP contribution in [0.5, 0.6) is 11.5 Å². The molecular weight excluding hydrogens is 264 g/mol. The summed E-state index contributed by atoms with van der Waals surface area (Å²) in [6.45, 7) is 5.30. The highest BCUT2D eigenvalue weighted by atomic mass is 16.5. The molecule has 0 radical (unpaired) electrons. The van der Waals surface area contributed by atoms with Crippen molar-refractivity contribution < 1.29 is 14.3 Å². The molecule has 1 aromatic carbocycles. The summed E-state index contributed by atoms with van der Waals surface area (Å²) in [4.78, 5) is 10.8. The number of ether oxygens (including phenoxy) is 2. The third kappa shape index (κ3) is 6.98. The van der Waals surface area contributed by atoms with Crippen molar-refractivity contribution in [3.05, 3.63) is 35.9 Å². The molecule has 21 heavy (non-hydrogen) atoms. The van der Waals surface area contributed by atoms with E-state index in [-0.39, 0.29) is 0 Å². The van der Waals surface area contributed by atoms with Crippen LogP contribution in [0.15, 0.2) is 30.4 Å². The average Bonchev–Trinajstić information content (AvgIpc) is 2.51. The first kappa shape index (κ1) is 17.3. The van der Waals surface area contributed by atoms with Gasteiger partial charge in [-0.25, -0.2) is 0 Å². The minimum absolute atomic E-state index is 0.558. The normalized spacial score (nSPS) is 10.8. The molecule has 0 amide bonds. The maximum Gasteiger partial charge on any atom is 0.161 e. The monoisotopic (exact) mass is 290 g/mol. The van der Waals surface area contributed by atoms with Gasteiger partial charge in [-0.2, -0.15) is 0 Å². The van der Waals surface area contributed by atoms with Crippen molar-refractivity contribution in [1.82, 2.24) is 0 Å². The summed E-state index contributed by atoms with van der Waals surface area (Å²) in [6, 6.07) is 5.28. The van der Waals surface area contributed by atoms with Crippen molar-refractivity contribution >= 4 is 6.29 Å². The third-order valence-corrected chi connectivity index (χ3v) is 3.08. The average molecular weight is 290 g/mol. The van der Waals surface area contributed by atoms with Crippen LogP contribution in [-0.4, -0.2) is 19.5 Å². The van der Waals surface area contributed by atoms with E-state index in [9.17, 15) is 4.79 Å². The Kier molecular flexibility index (Phi) is 9.01. The minimum Gasteiger partial charge on any atom is -0.490 e. The van der Waals surface area contributed by atoms with E-state index in [1.807, 2.05) is 6.92 Å². The first-order valence-electron chi connectivity index (χ1n) is 7.81. The summed E-state index contributed by atoms with van der Waals surface area (Å²) in [5, 5.41) is 0. The maximum atomic E-state index is 10.8. The highest BCUT2D eigenvalue weighted by Crippen LogP contribution is 2.28. The summed E-state index contributed by atoms with van der Waals surface area (Å²) in [5.74, 6) is 1.36. The molecule has 0 aromatic heterocycles. The third-order valence-electron chi connectivity index (χ3n) is 3.08. The van der Waals surface area contributed by atoms with E-state index >= 15 is 0 Å². The van der Waals surface area contributed by atoms with Crippen LogP contribution in [0.25, 0.3) is 0 Å². The Labute approximate surface area is 128 Å². The first-order valence-corrected chi connectivity index (χ1v) is 7.81. The lowest BCUT2D eigenvalue weighted by Gasteiger charge is -2.12. The zero-order valence-corrected chi connectivity index (χ0v) is 13.1. The molecule has 0 saturated carbocycles. The first-order chi connectivity index (χ1) is 10.3. The van der Waals surface area contributed by atoms with Gasteiger partial charge in [0.15, 0.2) is 11.5 Å². The van der Waals surface area contributed by atoms with Gasteiger partial charge < -0.3 is 9.47 Å². The van der Waals surface area contributed by atoms with Gasteiger partial charge in [0.05, 0.1) is 13.2 Å². The van der Waals surface area contributed by atoms with Gasteiger partial charge in [-0.3, -0.25) is 4.79 Å². The fourth-order valence-electron chi connectivity index (χ4n) is 1.99. The number of rotatable bonds is 11. The lowest BCUT2D eigenvalue weighted by molar-refractivity contribution is 0.112. The fourth-order valence-corrected chi connectivity index (χ4v) is 1.99. The van der Waals surface area contributed by atoms with Crippen LogP contribution < -0.4 is 9.47 Å². The van der Waals surface area contributed by atoms with Gasteiger partial charge in [0.1, 0.15) is 6.29 Å². The van der Waals surface area contributed by atoms with Gasteiger partial charge in [0, 0.05) is 5.56 Å². The lowest BCUT2D eigenvalue weighted by atomic mass is 10.2. The number of allylic oxidation sites excluding steroid dienone is 2. The van der Waals surface area contributed by atoms with Gasteiger partial charge in [-0.1, -0.05) is 19.1 Å². The number of carbonyl (C=O) groups excluding carboxylic acids is 1. The number of aldehydes is 1. The Morgan fingerprint density at radius 3 is 2.57 bits per heavy atom. The van der Waals surface area contributed by atoms with Crippen LogP contribution in [0.3, 0.4) is 0 Å². The van der Waals surface area contributed by atoms with E-state index in [2.05, 4.69) is 19.1 Å². The predicted octanol–water partition coefficient (Wildman–Crippen LogP) is 4.80. The minimum atomic E-state index is 0.558. The molecule has 1 aromatic rings. The molecule has 0 spiro atoms. The van der Waals surface area contributed by atoms with Crippen LogP contribution in [0.4, 0.5) is 0 Å². The molecule has 3 nitrogen and oxygen atoms in total. The molecule has 1 rings (SSSR count). The zero-order chi connectivity index (χ0) is 15.3.